The molecule has 0 amide bonds. The molecule has 8 heteroatoms. The van der Waals surface area contributed by atoms with Crippen molar-refractivity contribution in [3.05, 3.63) is 65.5 Å². The number of sulfone groups is 1. The molecule has 2 aromatic carbocycles. The van der Waals surface area contributed by atoms with E-state index in [0.29, 0.717) is 23.9 Å². The standard InChI is InChI=1S/C22H27N3O3S2/c1-4-25-21(16-30(26,27)20-11-9-17(2)10-12-20)23-24-22(25)29-14-6-13-28-19-8-5-7-18(3)15-19/h5,7-12,15H,4,6,13-14,16H2,1-3H3. The molecule has 0 radical (unpaired) electrons. The van der Waals surface area contributed by atoms with Gasteiger partial charge in [0.05, 0.1) is 11.5 Å². The van der Waals surface area contributed by atoms with Gasteiger partial charge < -0.3 is 9.30 Å². The lowest BCUT2D eigenvalue weighted by Crippen LogP contribution is -2.11. The second-order valence-corrected chi connectivity index (χ2v) is 10.1. The van der Waals surface area contributed by atoms with E-state index in [4.69, 9.17) is 4.74 Å². The van der Waals surface area contributed by atoms with Gasteiger partial charge in [-0.05, 0) is 57.0 Å². The molecule has 1 aromatic heterocycles. The average Bonchev–Trinajstić information content (AvgIpc) is 3.09. The van der Waals surface area contributed by atoms with Crippen molar-refractivity contribution in [2.24, 2.45) is 0 Å². The number of rotatable bonds is 10. The number of nitrogens with zero attached hydrogens (tertiary/aromatic N) is 3. The van der Waals surface area contributed by atoms with E-state index < -0.39 is 9.84 Å². The Balaban J connectivity index is 1.56. The lowest BCUT2D eigenvalue weighted by Gasteiger charge is -2.09. The Morgan fingerprint density at radius 3 is 2.50 bits per heavy atom. The summed E-state index contributed by atoms with van der Waals surface area (Å²) >= 11 is 1.57. The molecule has 160 valence electrons. The normalized spacial score (nSPS) is 11.6. The SMILES string of the molecule is CCn1c(CS(=O)(=O)c2ccc(C)cc2)nnc1SCCCOc1cccc(C)c1. The molecule has 0 unspecified atom stereocenters. The second kappa shape index (κ2) is 10.1. The van der Waals surface area contributed by atoms with Gasteiger partial charge in [0.25, 0.3) is 0 Å². The van der Waals surface area contributed by atoms with Crippen LogP contribution in [0.4, 0.5) is 0 Å². The first-order valence-corrected chi connectivity index (χ1v) is 12.6. The molecule has 0 saturated heterocycles. The van der Waals surface area contributed by atoms with Crippen LogP contribution in [0, 0.1) is 13.8 Å². The van der Waals surface area contributed by atoms with Crippen molar-refractivity contribution >= 4 is 21.6 Å². The van der Waals surface area contributed by atoms with E-state index in [1.807, 2.05) is 49.6 Å². The molecule has 6 nitrogen and oxygen atoms in total. The van der Waals surface area contributed by atoms with Crippen molar-refractivity contribution in [2.45, 2.75) is 49.5 Å². The Hall–Kier alpha value is -2.32. The summed E-state index contributed by atoms with van der Waals surface area (Å²) < 4.78 is 33.1. The number of hydrogen-bond donors (Lipinski definition) is 0. The second-order valence-electron chi connectivity index (χ2n) is 7.08. The molecule has 1 heterocycles. The largest absolute Gasteiger partial charge is 0.494 e. The fourth-order valence-electron chi connectivity index (χ4n) is 2.97. The summed E-state index contributed by atoms with van der Waals surface area (Å²) in [6.45, 7) is 7.17. The van der Waals surface area contributed by atoms with Crippen LogP contribution in [0.5, 0.6) is 5.75 Å². The van der Waals surface area contributed by atoms with Gasteiger partial charge in [0.1, 0.15) is 17.3 Å². The molecule has 3 rings (SSSR count). The fourth-order valence-corrected chi connectivity index (χ4v) is 5.17. The molecule has 30 heavy (non-hydrogen) atoms. The fraction of sp³-hybridized carbons (Fsp3) is 0.364. The first kappa shape index (κ1) is 22.4. The van der Waals surface area contributed by atoms with E-state index in [2.05, 4.69) is 10.2 Å². The minimum atomic E-state index is -3.47. The molecule has 0 saturated carbocycles. The first-order chi connectivity index (χ1) is 14.4. The molecule has 0 aliphatic heterocycles. The van der Waals surface area contributed by atoms with Crippen molar-refractivity contribution in [1.29, 1.82) is 0 Å². The van der Waals surface area contributed by atoms with Gasteiger partial charge in [-0.15, -0.1) is 10.2 Å². The zero-order chi connectivity index (χ0) is 21.6. The quantitative estimate of drug-likeness (QED) is 0.339. The summed E-state index contributed by atoms with van der Waals surface area (Å²) in [6.07, 6.45) is 0.853. The number of benzene rings is 2. The minimum Gasteiger partial charge on any atom is -0.494 e. The van der Waals surface area contributed by atoms with E-state index in [1.165, 1.54) is 5.56 Å². The van der Waals surface area contributed by atoms with Crippen LogP contribution in [-0.4, -0.2) is 35.5 Å². The summed E-state index contributed by atoms with van der Waals surface area (Å²) in [4.78, 5) is 0.307. The average molecular weight is 446 g/mol. The summed E-state index contributed by atoms with van der Waals surface area (Å²) in [5, 5.41) is 9.11. The Morgan fingerprint density at radius 1 is 1.03 bits per heavy atom. The third-order valence-electron chi connectivity index (χ3n) is 4.59. The Bertz CT molecular complexity index is 1080. The van der Waals surface area contributed by atoms with Gasteiger partial charge in [0.2, 0.25) is 0 Å². The van der Waals surface area contributed by atoms with E-state index in [-0.39, 0.29) is 5.75 Å². The minimum absolute atomic E-state index is 0.159. The zero-order valence-electron chi connectivity index (χ0n) is 17.5. The number of hydrogen-bond acceptors (Lipinski definition) is 6. The Kier molecular flexibility index (Phi) is 7.55. The van der Waals surface area contributed by atoms with Crippen molar-refractivity contribution in [3.63, 3.8) is 0 Å². The van der Waals surface area contributed by atoms with Gasteiger partial charge in [-0.3, -0.25) is 0 Å². The van der Waals surface area contributed by atoms with Gasteiger partial charge in [-0.2, -0.15) is 0 Å². The van der Waals surface area contributed by atoms with Crippen LogP contribution < -0.4 is 4.74 Å². The topological polar surface area (TPSA) is 74.1 Å². The van der Waals surface area contributed by atoms with E-state index in [0.717, 1.165) is 28.6 Å². The van der Waals surface area contributed by atoms with Crippen LogP contribution in [0.3, 0.4) is 0 Å². The van der Waals surface area contributed by atoms with Crippen LogP contribution in [0.2, 0.25) is 0 Å². The van der Waals surface area contributed by atoms with Crippen LogP contribution in [0.25, 0.3) is 0 Å². The lowest BCUT2D eigenvalue weighted by molar-refractivity contribution is 0.318. The Morgan fingerprint density at radius 2 is 1.80 bits per heavy atom. The molecule has 0 N–H and O–H groups in total. The van der Waals surface area contributed by atoms with Gasteiger partial charge >= 0.3 is 0 Å². The van der Waals surface area contributed by atoms with Crippen LogP contribution in [0.1, 0.15) is 30.3 Å². The molecule has 0 aliphatic rings. The van der Waals surface area contributed by atoms with Gasteiger partial charge in [-0.1, -0.05) is 41.6 Å². The van der Waals surface area contributed by atoms with Crippen molar-refractivity contribution in [2.75, 3.05) is 12.4 Å². The highest BCUT2D eigenvalue weighted by Crippen LogP contribution is 2.22. The van der Waals surface area contributed by atoms with Gasteiger partial charge in [-0.25, -0.2) is 8.42 Å². The monoisotopic (exact) mass is 445 g/mol. The maximum Gasteiger partial charge on any atom is 0.191 e. The highest BCUT2D eigenvalue weighted by Gasteiger charge is 2.21. The highest BCUT2D eigenvalue weighted by molar-refractivity contribution is 7.99. The summed E-state index contributed by atoms with van der Waals surface area (Å²) in [5.74, 6) is 2.00. The van der Waals surface area contributed by atoms with Crippen molar-refractivity contribution in [1.82, 2.24) is 14.8 Å². The van der Waals surface area contributed by atoms with Crippen LogP contribution in [-0.2, 0) is 22.1 Å². The van der Waals surface area contributed by atoms with Gasteiger partial charge in [0, 0.05) is 12.3 Å². The molecule has 0 spiro atoms. The highest BCUT2D eigenvalue weighted by atomic mass is 32.2. The molecule has 3 aromatic rings. The smallest absolute Gasteiger partial charge is 0.191 e. The first-order valence-electron chi connectivity index (χ1n) is 9.93. The number of aryl methyl sites for hydroxylation is 2. The number of aromatic nitrogens is 3. The maximum atomic E-state index is 12.7. The van der Waals surface area contributed by atoms with E-state index in [1.54, 1.807) is 36.0 Å². The van der Waals surface area contributed by atoms with Crippen LogP contribution >= 0.6 is 11.8 Å². The molecule has 0 aliphatic carbocycles. The summed E-state index contributed by atoms with van der Waals surface area (Å²) in [7, 11) is -3.47. The third kappa shape index (κ3) is 5.86. The van der Waals surface area contributed by atoms with Crippen molar-refractivity contribution < 1.29 is 13.2 Å². The lowest BCUT2D eigenvalue weighted by atomic mass is 10.2. The van der Waals surface area contributed by atoms with Crippen LogP contribution in [0.15, 0.2) is 58.6 Å². The maximum absolute atomic E-state index is 12.7. The van der Waals surface area contributed by atoms with Crippen molar-refractivity contribution in [3.8, 4) is 5.75 Å². The molecule has 0 atom stereocenters. The summed E-state index contributed by atoms with van der Waals surface area (Å²) in [6, 6.07) is 14.9. The van der Waals surface area contributed by atoms with E-state index in [9.17, 15) is 8.42 Å². The third-order valence-corrected chi connectivity index (χ3v) is 7.27. The van der Waals surface area contributed by atoms with Gasteiger partial charge in [0.15, 0.2) is 15.0 Å². The number of thioether (sulfide) groups is 1. The predicted octanol–water partition coefficient (Wildman–Crippen LogP) is 4.45. The zero-order valence-corrected chi connectivity index (χ0v) is 19.2. The molecule has 0 bridgehead atoms. The molecular weight excluding hydrogens is 418 g/mol. The van der Waals surface area contributed by atoms with E-state index >= 15 is 0 Å². The summed E-state index contributed by atoms with van der Waals surface area (Å²) in [5.41, 5.74) is 2.20. The predicted molar refractivity (Wildman–Crippen MR) is 120 cm³/mol. The molecule has 0 fully saturated rings. The number of ether oxygens (including phenoxy) is 1. The molecular formula is C22H27N3O3S2. The Labute approximate surface area is 182 Å².